The first-order valence-corrected chi connectivity index (χ1v) is 7.75. The van der Waals surface area contributed by atoms with Gasteiger partial charge in [0.1, 0.15) is 11.9 Å². The second-order valence-electron chi connectivity index (χ2n) is 6.83. The third-order valence-electron chi connectivity index (χ3n) is 4.09. The van der Waals surface area contributed by atoms with E-state index in [1.165, 1.54) is 0 Å². The first-order chi connectivity index (χ1) is 10.9. The van der Waals surface area contributed by atoms with Crippen LogP contribution in [0.3, 0.4) is 0 Å². The fourth-order valence-corrected chi connectivity index (χ4v) is 2.92. The highest BCUT2D eigenvalue weighted by atomic mass is 16.5. The molecule has 3 rings (SSSR count). The van der Waals surface area contributed by atoms with Crippen LogP contribution in [0.25, 0.3) is 0 Å². The molecule has 0 aromatic heterocycles. The molecule has 1 N–H and O–H groups in total. The first kappa shape index (κ1) is 15.4. The Hall–Kier alpha value is -2.49. The SMILES string of the molecule is COc1ccc2c(c1)N(c1ccccc1)C(C(C)(C)C)NC2=O. The lowest BCUT2D eigenvalue weighted by Gasteiger charge is -2.45. The molecule has 1 amide bonds. The van der Waals surface area contributed by atoms with Crippen molar-refractivity contribution in [2.75, 3.05) is 12.0 Å². The van der Waals surface area contributed by atoms with Crippen molar-refractivity contribution in [2.24, 2.45) is 5.41 Å². The van der Waals surface area contributed by atoms with Crippen LogP contribution in [0.1, 0.15) is 31.1 Å². The van der Waals surface area contributed by atoms with Crippen molar-refractivity contribution in [3.8, 4) is 5.75 Å². The zero-order valence-corrected chi connectivity index (χ0v) is 14.0. The van der Waals surface area contributed by atoms with Gasteiger partial charge in [-0.05, 0) is 24.3 Å². The van der Waals surface area contributed by atoms with E-state index in [-0.39, 0.29) is 17.5 Å². The number of amides is 1. The molecule has 1 atom stereocenters. The Kier molecular flexibility index (Phi) is 3.76. The van der Waals surface area contributed by atoms with Crippen LogP contribution in [-0.4, -0.2) is 19.2 Å². The molecule has 0 spiro atoms. The maximum atomic E-state index is 12.5. The van der Waals surface area contributed by atoms with E-state index in [4.69, 9.17) is 4.74 Å². The third kappa shape index (κ3) is 2.77. The molecule has 2 aromatic carbocycles. The smallest absolute Gasteiger partial charge is 0.255 e. The topological polar surface area (TPSA) is 41.6 Å². The van der Waals surface area contributed by atoms with Gasteiger partial charge < -0.3 is 15.0 Å². The zero-order valence-electron chi connectivity index (χ0n) is 14.0. The molecule has 120 valence electrons. The summed E-state index contributed by atoms with van der Waals surface area (Å²) in [6.45, 7) is 6.37. The Balaban J connectivity index is 2.21. The van der Waals surface area contributed by atoms with Crippen LogP contribution in [0.15, 0.2) is 48.5 Å². The molecule has 1 aliphatic rings. The first-order valence-electron chi connectivity index (χ1n) is 7.75. The highest BCUT2D eigenvalue weighted by molar-refractivity contribution is 6.03. The van der Waals surface area contributed by atoms with E-state index in [1.807, 2.05) is 36.4 Å². The van der Waals surface area contributed by atoms with Crippen LogP contribution in [-0.2, 0) is 0 Å². The molecule has 1 heterocycles. The Morgan fingerprint density at radius 1 is 1.09 bits per heavy atom. The van der Waals surface area contributed by atoms with Gasteiger partial charge in [-0.2, -0.15) is 0 Å². The molecular formula is C19H22N2O2. The summed E-state index contributed by atoms with van der Waals surface area (Å²) in [5, 5.41) is 3.14. The van der Waals surface area contributed by atoms with Crippen LogP contribution in [0.2, 0.25) is 0 Å². The summed E-state index contributed by atoms with van der Waals surface area (Å²) >= 11 is 0. The number of rotatable bonds is 2. The Bertz CT molecular complexity index is 720. The molecule has 0 saturated heterocycles. The number of hydrogen-bond donors (Lipinski definition) is 1. The van der Waals surface area contributed by atoms with Crippen molar-refractivity contribution >= 4 is 17.3 Å². The molecule has 0 saturated carbocycles. The molecule has 0 fully saturated rings. The van der Waals surface area contributed by atoms with Crippen molar-refractivity contribution in [1.82, 2.24) is 5.32 Å². The summed E-state index contributed by atoms with van der Waals surface area (Å²) in [5.74, 6) is 0.696. The number of nitrogens with one attached hydrogen (secondary N) is 1. The van der Waals surface area contributed by atoms with Crippen molar-refractivity contribution in [3.05, 3.63) is 54.1 Å². The number of carbonyl (C=O) groups excluding carboxylic acids is 1. The molecule has 0 radical (unpaired) electrons. The summed E-state index contributed by atoms with van der Waals surface area (Å²) in [7, 11) is 1.64. The number of fused-ring (bicyclic) bond motifs is 1. The molecule has 0 aliphatic carbocycles. The third-order valence-corrected chi connectivity index (χ3v) is 4.09. The zero-order chi connectivity index (χ0) is 16.6. The van der Waals surface area contributed by atoms with E-state index in [1.54, 1.807) is 7.11 Å². The lowest BCUT2D eigenvalue weighted by Crippen LogP contribution is -2.57. The quantitative estimate of drug-likeness (QED) is 0.913. The second-order valence-corrected chi connectivity index (χ2v) is 6.83. The number of ether oxygens (including phenoxy) is 1. The fraction of sp³-hybridized carbons (Fsp3) is 0.316. The van der Waals surface area contributed by atoms with Gasteiger partial charge in [0.25, 0.3) is 5.91 Å². The molecule has 1 aliphatic heterocycles. The minimum absolute atomic E-state index is 0.0465. The van der Waals surface area contributed by atoms with Crippen LogP contribution in [0.4, 0.5) is 11.4 Å². The van der Waals surface area contributed by atoms with Gasteiger partial charge in [0.15, 0.2) is 0 Å². The predicted octanol–water partition coefficient (Wildman–Crippen LogP) is 3.95. The number of carbonyl (C=O) groups is 1. The molecule has 4 heteroatoms. The molecule has 1 unspecified atom stereocenters. The maximum absolute atomic E-state index is 12.5. The summed E-state index contributed by atoms with van der Waals surface area (Å²) in [6, 6.07) is 15.7. The summed E-state index contributed by atoms with van der Waals surface area (Å²) in [5.41, 5.74) is 2.45. The molecule has 0 bridgehead atoms. The number of nitrogens with zero attached hydrogens (tertiary/aromatic N) is 1. The lowest BCUT2D eigenvalue weighted by molar-refractivity contribution is 0.0892. The molecular weight excluding hydrogens is 288 g/mol. The van der Waals surface area contributed by atoms with E-state index in [9.17, 15) is 4.79 Å². The number of methoxy groups -OCH3 is 1. The van der Waals surface area contributed by atoms with Crippen molar-refractivity contribution < 1.29 is 9.53 Å². The summed E-state index contributed by atoms with van der Waals surface area (Å²) in [4.78, 5) is 14.7. The normalized spacial score (nSPS) is 17.5. The fourth-order valence-electron chi connectivity index (χ4n) is 2.92. The second kappa shape index (κ2) is 5.61. The van der Waals surface area contributed by atoms with Gasteiger partial charge in [-0.25, -0.2) is 0 Å². The van der Waals surface area contributed by atoms with Gasteiger partial charge >= 0.3 is 0 Å². The monoisotopic (exact) mass is 310 g/mol. The Morgan fingerprint density at radius 2 is 1.78 bits per heavy atom. The number of benzene rings is 2. The predicted molar refractivity (Wildman–Crippen MR) is 92.3 cm³/mol. The van der Waals surface area contributed by atoms with E-state index in [0.29, 0.717) is 5.56 Å². The number of para-hydroxylation sites is 1. The van der Waals surface area contributed by atoms with E-state index >= 15 is 0 Å². The Labute approximate surface area is 137 Å². The van der Waals surface area contributed by atoms with Crippen LogP contribution in [0, 0.1) is 5.41 Å². The van der Waals surface area contributed by atoms with Gasteiger partial charge in [0.05, 0.1) is 18.4 Å². The highest BCUT2D eigenvalue weighted by Crippen LogP contribution is 2.40. The maximum Gasteiger partial charge on any atom is 0.255 e. The van der Waals surface area contributed by atoms with Crippen LogP contribution < -0.4 is 15.0 Å². The van der Waals surface area contributed by atoms with Gasteiger partial charge in [0, 0.05) is 17.2 Å². The average Bonchev–Trinajstić information content (AvgIpc) is 2.54. The van der Waals surface area contributed by atoms with E-state index in [0.717, 1.165) is 17.1 Å². The number of anilines is 2. The average molecular weight is 310 g/mol. The van der Waals surface area contributed by atoms with Crippen LogP contribution >= 0.6 is 0 Å². The number of hydrogen-bond acceptors (Lipinski definition) is 3. The van der Waals surface area contributed by atoms with Gasteiger partial charge in [-0.3, -0.25) is 4.79 Å². The van der Waals surface area contributed by atoms with Gasteiger partial charge in [-0.1, -0.05) is 39.0 Å². The minimum atomic E-state index is -0.142. The van der Waals surface area contributed by atoms with E-state index in [2.05, 4.69) is 43.1 Å². The van der Waals surface area contributed by atoms with Crippen molar-refractivity contribution in [1.29, 1.82) is 0 Å². The van der Waals surface area contributed by atoms with Gasteiger partial charge in [0.2, 0.25) is 0 Å². The summed E-state index contributed by atoms with van der Waals surface area (Å²) < 4.78 is 5.36. The van der Waals surface area contributed by atoms with Crippen molar-refractivity contribution in [2.45, 2.75) is 26.9 Å². The van der Waals surface area contributed by atoms with Crippen LogP contribution in [0.5, 0.6) is 5.75 Å². The molecule has 2 aromatic rings. The largest absolute Gasteiger partial charge is 0.497 e. The van der Waals surface area contributed by atoms with Gasteiger partial charge in [-0.15, -0.1) is 0 Å². The minimum Gasteiger partial charge on any atom is -0.497 e. The highest BCUT2D eigenvalue weighted by Gasteiger charge is 2.38. The lowest BCUT2D eigenvalue weighted by atomic mass is 9.88. The Morgan fingerprint density at radius 3 is 2.39 bits per heavy atom. The standard InChI is InChI=1S/C19H22N2O2/c1-19(2,3)18-20-17(22)15-11-10-14(23-4)12-16(15)21(18)13-8-6-5-7-9-13/h5-12,18H,1-4H3,(H,20,22). The van der Waals surface area contributed by atoms with E-state index < -0.39 is 0 Å². The molecule has 4 nitrogen and oxygen atoms in total. The molecule has 23 heavy (non-hydrogen) atoms. The van der Waals surface area contributed by atoms with Crippen molar-refractivity contribution in [3.63, 3.8) is 0 Å². The summed E-state index contributed by atoms with van der Waals surface area (Å²) in [6.07, 6.45) is -0.142.